The SMILES string of the molecule is COC(=O)c1sc(N2C(=O)C(O)=C(C(=O)c3cc4cccc(OC)c4o3)C2c2ccc([N+](=O)[O-])cc2)nc1C. The van der Waals surface area contributed by atoms with Crippen molar-refractivity contribution in [3.63, 3.8) is 0 Å². The maximum absolute atomic E-state index is 13.8. The van der Waals surface area contributed by atoms with Crippen molar-refractivity contribution in [2.24, 2.45) is 0 Å². The van der Waals surface area contributed by atoms with Crippen molar-refractivity contribution < 1.29 is 38.3 Å². The number of methoxy groups -OCH3 is 2. The first-order chi connectivity index (χ1) is 18.7. The van der Waals surface area contributed by atoms with Crippen molar-refractivity contribution in [2.75, 3.05) is 19.1 Å². The number of nitro groups is 1. The molecule has 0 spiro atoms. The number of carbonyl (C=O) groups is 3. The van der Waals surface area contributed by atoms with Gasteiger partial charge >= 0.3 is 5.97 Å². The Bertz CT molecular complexity index is 1700. The predicted octanol–water partition coefficient (Wildman–Crippen LogP) is 4.68. The number of hydrogen-bond donors (Lipinski definition) is 1. The standard InChI is InChI=1S/C26H19N3O9S/c1-12-23(25(33)37-3)39-26(27-12)28-19(13-7-9-15(10-8-13)29(34)35)18(21(31)24(28)32)20(30)17-11-14-5-4-6-16(36-2)22(14)38-17/h4-11,19,31H,1-3H3. The number of aliphatic hydroxyl groups excluding tert-OH is 1. The van der Waals surface area contributed by atoms with E-state index < -0.39 is 34.4 Å². The van der Waals surface area contributed by atoms with Gasteiger partial charge in [0.25, 0.3) is 11.6 Å². The Morgan fingerprint density at radius 2 is 1.90 bits per heavy atom. The zero-order valence-electron chi connectivity index (χ0n) is 20.7. The van der Waals surface area contributed by atoms with E-state index in [9.17, 15) is 29.6 Å². The molecule has 0 bridgehead atoms. The third-order valence-electron chi connectivity index (χ3n) is 6.19. The topological polar surface area (TPSA) is 162 Å². The number of thiazole rings is 1. The number of aromatic nitrogens is 1. The second-order valence-corrected chi connectivity index (χ2v) is 9.39. The van der Waals surface area contributed by atoms with Crippen LogP contribution in [0.15, 0.2) is 64.3 Å². The molecule has 0 saturated carbocycles. The molecular weight excluding hydrogens is 530 g/mol. The van der Waals surface area contributed by atoms with Crippen molar-refractivity contribution >= 4 is 50.8 Å². The third kappa shape index (κ3) is 4.18. The first-order valence-electron chi connectivity index (χ1n) is 11.3. The van der Waals surface area contributed by atoms with E-state index in [1.165, 1.54) is 44.6 Å². The molecule has 1 aliphatic rings. The number of Topliss-reactive ketones (excluding diaryl/α,β-unsaturated/α-hetero) is 1. The number of anilines is 1. The second-order valence-electron chi connectivity index (χ2n) is 8.41. The van der Waals surface area contributed by atoms with Gasteiger partial charge in [-0.1, -0.05) is 23.5 Å². The fourth-order valence-electron chi connectivity index (χ4n) is 4.34. The summed E-state index contributed by atoms with van der Waals surface area (Å²) in [5, 5.41) is 22.8. The van der Waals surface area contributed by atoms with Crippen LogP contribution >= 0.6 is 11.3 Å². The van der Waals surface area contributed by atoms with Crippen LogP contribution in [0.4, 0.5) is 10.8 Å². The number of aliphatic hydroxyl groups is 1. The van der Waals surface area contributed by atoms with Gasteiger partial charge in [0.15, 0.2) is 28.0 Å². The van der Waals surface area contributed by atoms with Gasteiger partial charge in [0.1, 0.15) is 4.88 Å². The molecule has 0 radical (unpaired) electrons. The molecule has 3 heterocycles. The molecule has 2 aromatic heterocycles. The van der Waals surface area contributed by atoms with Crippen LogP contribution in [0, 0.1) is 17.0 Å². The van der Waals surface area contributed by atoms with E-state index in [1.54, 1.807) is 25.1 Å². The van der Waals surface area contributed by atoms with Gasteiger partial charge in [0.05, 0.1) is 36.5 Å². The highest BCUT2D eigenvalue weighted by Crippen LogP contribution is 2.44. The van der Waals surface area contributed by atoms with Crippen molar-refractivity contribution in [1.29, 1.82) is 0 Å². The molecule has 2 aromatic carbocycles. The van der Waals surface area contributed by atoms with Crippen molar-refractivity contribution in [2.45, 2.75) is 13.0 Å². The molecule has 5 rings (SSSR count). The number of furan rings is 1. The van der Waals surface area contributed by atoms with E-state index in [2.05, 4.69) is 4.98 Å². The lowest BCUT2D eigenvalue weighted by Crippen LogP contribution is -2.31. The quantitative estimate of drug-likeness (QED) is 0.148. The van der Waals surface area contributed by atoms with Crippen LogP contribution in [0.5, 0.6) is 5.75 Å². The van der Waals surface area contributed by atoms with Gasteiger partial charge in [-0.3, -0.25) is 24.6 Å². The van der Waals surface area contributed by atoms with E-state index >= 15 is 0 Å². The molecule has 1 aliphatic heterocycles. The lowest BCUT2D eigenvalue weighted by molar-refractivity contribution is -0.384. The second kappa shape index (κ2) is 9.68. The summed E-state index contributed by atoms with van der Waals surface area (Å²) >= 11 is 0.842. The van der Waals surface area contributed by atoms with Gasteiger partial charge in [-0.05, 0) is 36.8 Å². The van der Waals surface area contributed by atoms with E-state index in [0.29, 0.717) is 16.7 Å². The van der Waals surface area contributed by atoms with Crippen LogP contribution in [-0.2, 0) is 9.53 Å². The van der Waals surface area contributed by atoms with Crippen LogP contribution in [0.25, 0.3) is 11.0 Å². The number of carbonyl (C=O) groups excluding carboxylic acids is 3. The number of ketones is 1. The summed E-state index contributed by atoms with van der Waals surface area (Å²) in [6, 6.07) is 10.5. The normalized spacial score (nSPS) is 15.2. The molecule has 1 N–H and O–H groups in total. The maximum atomic E-state index is 13.8. The van der Waals surface area contributed by atoms with Gasteiger partial charge in [-0.15, -0.1) is 0 Å². The Morgan fingerprint density at radius 3 is 2.54 bits per heavy atom. The molecule has 39 heavy (non-hydrogen) atoms. The van der Waals surface area contributed by atoms with Crippen molar-refractivity contribution in [3.8, 4) is 5.75 Å². The smallest absolute Gasteiger partial charge is 0.350 e. The lowest BCUT2D eigenvalue weighted by Gasteiger charge is -2.24. The van der Waals surface area contributed by atoms with Gasteiger partial charge < -0.3 is 19.0 Å². The molecular formula is C26H19N3O9S. The molecule has 1 unspecified atom stereocenters. The highest BCUT2D eigenvalue weighted by atomic mass is 32.1. The summed E-state index contributed by atoms with van der Waals surface area (Å²) in [7, 11) is 2.65. The summed E-state index contributed by atoms with van der Waals surface area (Å²) in [5.74, 6) is -3.02. The van der Waals surface area contributed by atoms with Gasteiger partial charge in [-0.25, -0.2) is 9.78 Å². The Balaban J connectivity index is 1.66. The number of nitro benzene ring substituents is 1. The number of fused-ring (bicyclic) bond motifs is 1. The number of hydrogen-bond acceptors (Lipinski definition) is 11. The van der Waals surface area contributed by atoms with Crippen LogP contribution in [0.3, 0.4) is 0 Å². The van der Waals surface area contributed by atoms with Gasteiger partial charge in [0, 0.05) is 17.5 Å². The number of ether oxygens (including phenoxy) is 2. The molecule has 198 valence electrons. The summed E-state index contributed by atoms with van der Waals surface area (Å²) in [6.07, 6.45) is 0. The molecule has 0 aliphatic carbocycles. The highest BCUT2D eigenvalue weighted by molar-refractivity contribution is 7.17. The minimum Gasteiger partial charge on any atom is -0.503 e. The number of para-hydroxylation sites is 1. The summed E-state index contributed by atoms with van der Waals surface area (Å²) in [4.78, 5) is 55.5. The molecule has 1 amide bonds. The number of amides is 1. The Kier molecular flexibility index (Phi) is 6.36. The molecule has 13 heteroatoms. The number of aryl methyl sites for hydroxylation is 1. The van der Waals surface area contributed by atoms with Crippen LogP contribution in [-0.4, -0.2) is 46.9 Å². The van der Waals surface area contributed by atoms with Crippen molar-refractivity contribution in [3.05, 3.63) is 91.9 Å². The van der Waals surface area contributed by atoms with Gasteiger partial charge in [-0.2, -0.15) is 0 Å². The molecule has 4 aromatic rings. The van der Waals surface area contributed by atoms with E-state index in [1.807, 2.05) is 0 Å². The molecule has 0 saturated heterocycles. The lowest BCUT2D eigenvalue weighted by atomic mass is 9.95. The minimum absolute atomic E-state index is 0.0156. The Morgan fingerprint density at radius 1 is 1.18 bits per heavy atom. The average molecular weight is 550 g/mol. The number of nitrogens with zero attached hydrogens (tertiary/aromatic N) is 3. The number of rotatable bonds is 7. The van der Waals surface area contributed by atoms with Crippen LogP contribution in [0.1, 0.15) is 37.5 Å². The monoisotopic (exact) mass is 549 g/mol. The van der Waals surface area contributed by atoms with E-state index in [-0.39, 0.29) is 38.3 Å². The first kappa shape index (κ1) is 25.6. The first-order valence-corrected chi connectivity index (χ1v) is 12.2. The Hall–Kier alpha value is -5.04. The van der Waals surface area contributed by atoms with E-state index in [0.717, 1.165) is 16.2 Å². The highest BCUT2D eigenvalue weighted by Gasteiger charge is 2.47. The zero-order chi connectivity index (χ0) is 28.0. The van der Waals surface area contributed by atoms with Crippen LogP contribution < -0.4 is 9.64 Å². The number of benzene rings is 2. The van der Waals surface area contributed by atoms with Crippen LogP contribution in [0.2, 0.25) is 0 Å². The number of esters is 1. The fourth-order valence-corrected chi connectivity index (χ4v) is 5.35. The van der Waals surface area contributed by atoms with Crippen molar-refractivity contribution in [1.82, 2.24) is 4.98 Å². The van der Waals surface area contributed by atoms with Gasteiger partial charge in [0.2, 0.25) is 5.78 Å². The fraction of sp³-hybridized carbons (Fsp3) is 0.154. The summed E-state index contributed by atoms with van der Waals surface area (Å²) in [6.45, 7) is 1.55. The average Bonchev–Trinajstić information content (AvgIpc) is 3.61. The maximum Gasteiger partial charge on any atom is 0.350 e. The zero-order valence-corrected chi connectivity index (χ0v) is 21.5. The van der Waals surface area contributed by atoms with E-state index in [4.69, 9.17) is 13.9 Å². The molecule has 0 fully saturated rings. The molecule has 12 nitrogen and oxygen atoms in total. The minimum atomic E-state index is -1.24. The Labute approximate surface area is 223 Å². The predicted molar refractivity (Wildman–Crippen MR) is 138 cm³/mol. The molecule has 1 atom stereocenters. The largest absolute Gasteiger partial charge is 0.503 e. The third-order valence-corrected chi connectivity index (χ3v) is 7.32. The summed E-state index contributed by atoms with van der Waals surface area (Å²) < 4.78 is 15.9. The number of non-ortho nitro benzene ring substituents is 1. The summed E-state index contributed by atoms with van der Waals surface area (Å²) in [5.41, 5.74) is 0.329.